The average Bonchev–Trinajstić information content (AvgIpc) is 3.75. The average molecular weight is 637 g/mol. The third-order valence-corrected chi connectivity index (χ3v) is 11.0. The molecule has 2 aromatic heterocycles. The molecule has 0 saturated heterocycles. The van der Waals surface area contributed by atoms with E-state index in [9.17, 15) is 0 Å². The molecule has 47 heavy (non-hydrogen) atoms. The molecule has 2 nitrogen and oxygen atoms in total. The van der Waals surface area contributed by atoms with Gasteiger partial charge in [0.2, 0.25) is 0 Å². The minimum atomic E-state index is 1.05. The van der Waals surface area contributed by atoms with Crippen molar-refractivity contribution in [2.24, 2.45) is 0 Å². The number of anilines is 3. The first-order valence-electron chi connectivity index (χ1n) is 15.7. The summed E-state index contributed by atoms with van der Waals surface area (Å²) in [6.07, 6.45) is 0. The van der Waals surface area contributed by atoms with E-state index in [0.29, 0.717) is 0 Å². The van der Waals surface area contributed by atoms with E-state index in [4.69, 9.17) is 4.98 Å². The van der Waals surface area contributed by atoms with Crippen LogP contribution < -0.4 is 4.90 Å². The molecule has 0 spiro atoms. The highest BCUT2D eigenvalue weighted by Crippen LogP contribution is 2.45. The van der Waals surface area contributed by atoms with E-state index in [2.05, 4.69) is 175 Å². The second kappa shape index (κ2) is 11.7. The predicted molar refractivity (Wildman–Crippen MR) is 203 cm³/mol. The zero-order valence-electron chi connectivity index (χ0n) is 25.4. The molecule has 0 amide bonds. The Kier molecular flexibility index (Phi) is 6.89. The molecular formula is C43H28N2S2. The van der Waals surface area contributed by atoms with Crippen LogP contribution in [0.15, 0.2) is 170 Å². The molecular weight excluding hydrogens is 609 g/mol. The van der Waals surface area contributed by atoms with Gasteiger partial charge in [0.15, 0.2) is 0 Å². The fourth-order valence-electron chi connectivity index (χ4n) is 6.50. The van der Waals surface area contributed by atoms with Gasteiger partial charge >= 0.3 is 0 Å². The monoisotopic (exact) mass is 636 g/mol. The summed E-state index contributed by atoms with van der Waals surface area (Å²) in [5.74, 6) is 0. The van der Waals surface area contributed by atoms with Gasteiger partial charge in [-0.05, 0) is 76.9 Å². The number of thiazole rings is 1. The number of benzene rings is 7. The summed E-state index contributed by atoms with van der Waals surface area (Å²) in [5, 5.41) is 3.62. The van der Waals surface area contributed by atoms with Crippen molar-refractivity contribution < 1.29 is 0 Å². The molecule has 0 radical (unpaired) electrons. The Morgan fingerprint density at radius 3 is 1.68 bits per heavy atom. The van der Waals surface area contributed by atoms with Crippen LogP contribution in [-0.4, -0.2) is 4.98 Å². The van der Waals surface area contributed by atoms with Crippen LogP contribution in [0.1, 0.15) is 0 Å². The van der Waals surface area contributed by atoms with E-state index in [-0.39, 0.29) is 0 Å². The number of hydrogen-bond acceptors (Lipinski definition) is 4. The fraction of sp³-hybridized carbons (Fsp3) is 0. The van der Waals surface area contributed by atoms with Crippen LogP contribution in [0.3, 0.4) is 0 Å². The van der Waals surface area contributed by atoms with Gasteiger partial charge in [-0.3, -0.25) is 0 Å². The lowest BCUT2D eigenvalue weighted by Crippen LogP contribution is -2.09. The zero-order chi connectivity index (χ0) is 31.2. The summed E-state index contributed by atoms with van der Waals surface area (Å²) in [5.41, 5.74) is 10.5. The van der Waals surface area contributed by atoms with Gasteiger partial charge in [-0.1, -0.05) is 115 Å². The minimum Gasteiger partial charge on any atom is -0.310 e. The zero-order valence-corrected chi connectivity index (χ0v) is 27.0. The summed E-state index contributed by atoms with van der Waals surface area (Å²) < 4.78 is 3.82. The highest BCUT2D eigenvalue weighted by molar-refractivity contribution is 7.28. The predicted octanol–water partition coefficient (Wildman–Crippen LogP) is 13.1. The van der Waals surface area contributed by atoms with Gasteiger partial charge in [-0.15, -0.1) is 22.7 Å². The van der Waals surface area contributed by atoms with E-state index in [1.54, 1.807) is 11.3 Å². The van der Waals surface area contributed by atoms with Gasteiger partial charge in [0, 0.05) is 42.8 Å². The molecule has 0 atom stereocenters. The Balaban J connectivity index is 1.17. The van der Waals surface area contributed by atoms with Crippen molar-refractivity contribution in [3.05, 3.63) is 170 Å². The lowest BCUT2D eigenvalue weighted by atomic mass is 9.94. The Morgan fingerprint density at radius 1 is 0.426 bits per heavy atom. The van der Waals surface area contributed by atoms with Crippen LogP contribution in [0.4, 0.5) is 17.1 Å². The molecule has 0 bridgehead atoms. The smallest absolute Gasteiger partial charge is 0.124 e. The molecule has 0 aliphatic heterocycles. The van der Waals surface area contributed by atoms with Gasteiger partial charge in [-0.25, -0.2) is 4.98 Å². The molecule has 2 heterocycles. The minimum absolute atomic E-state index is 1.05. The molecule has 0 unspecified atom stereocenters. The van der Waals surface area contributed by atoms with Gasteiger partial charge in [0.1, 0.15) is 5.01 Å². The Morgan fingerprint density at radius 2 is 0.979 bits per heavy atom. The number of rotatable bonds is 6. The highest BCUT2D eigenvalue weighted by atomic mass is 32.1. The highest BCUT2D eigenvalue weighted by Gasteiger charge is 2.18. The van der Waals surface area contributed by atoms with Crippen LogP contribution in [0.2, 0.25) is 0 Å². The molecule has 0 N–H and O–H groups in total. The molecule has 7 aromatic carbocycles. The van der Waals surface area contributed by atoms with Crippen molar-refractivity contribution in [1.82, 2.24) is 4.98 Å². The first-order valence-corrected chi connectivity index (χ1v) is 17.3. The van der Waals surface area contributed by atoms with Crippen molar-refractivity contribution in [2.45, 2.75) is 0 Å². The second-order valence-corrected chi connectivity index (χ2v) is 13.7. The van der Waals surface area contributed by atoms with Crippen LogP contribution in [0, 0.1) is 0 Å². The van der Waals surface area contributed by atoms with E-state index in [1.165, 1.54) is 47.1 Å². The Bertz CT molecular complexity index is 2500. The second-order valence-electron chi connectivity index (χ2n) is 11.6. The third-order valence-electron chi connectivity index (χ3n) is 8.71. The molecule has 0 fully saturated rings. The molecule has 0 saturated carbocycles. The molecule has 9 aromatic rings. The lowest BCUT2D eigenvalue weighted by Gasteiger charge is -2.26. The Hall–Kier alpha value is -5.55. The van der Waals surface area contributed by atoms with Crippen molar-refractivity contribution in [1.29, 1.82) is 0 Å². The first kappa shape index (κ1) is 27.7. The number of para-hydroxylation sites is 1. The number of thiophene rings is 1. The normalized spacial score (nSPS) is 11.4. The topological polar surface area (TPSA) is 16.1 Å². The lowest BCUT2D eigenvalue weighted by molar-refractivity contribution is 1.29. The third kappa shape index (κ3) is 4.99. The summed E-state index contributed by atoms with van der Waals surface area (Å²) in [6.45, 7) is 0. The first-order chi connectivity index (χ1) is 23.3. The van der Waals surface area contributed by atoms with Crippen molar-refractivity contribution in [3.8, 4) is 32.8 Å². The van der Waals surface area contributed by atoms with Gasteiger partial charge in [0.25, 0.3) is 0 Å². The van der Waals surface area contributed by atoms with Crippen LogP contribution in [0.25, 0.3) is 63.2 Å². The molecule has 9 rings (SSSR count). The molecule has 222 valence electrons. The van der Waals surface area contributed by atoms with E-state index >= 15 is 0 Å². The van der Waals surface area contributed by atoms with Crippen LogP contribution in [0.5, 0.6) is 0 Å². The SMILES string of the molecule is c1ccc(-c2nc3ccc4sc5ccc(N(c6ccccc6)c6ccc(-c7ccccc7-c7ccccc7)cc6)cc5c4c3s2)cc1. The quantitative estimate of drug-likeness (QED) is 0.181. The van der Waals surface area contributed by atoms with Crippen molar-refractivity contribution in [3.63, 3.8) is 0 Å². The Labute approximate surface area is 281 Å². The number of hydrogen-bond donors (Lipinski definition) is 0. The number of aromatic nitrogens is 1. The van der Waals surface area contributed by atoms with E-state index in [1.807, 2.05) is 11.3 Å². The number of fused-ring (bicyclic) bond motifs is 5. The summed E-state index contributed by atoms with van der Waals surface area (Å²) >= 11 is 3.64. The standard InChI is InChI=1S/C43H28N2S2/c1-4-12-29(13-5-1)35-18-10-11-19-36(35)30-20-22-33(23-21-30)45(32-16-8-3-9-17-32)34-24-26-39-37(28-34)41-40(46-39)27-25-38-42(41)47-43(44-38)31-14-6-2-7-15-31/h1-28H. The number of nitrogens with zero attached hydrogens (tertiary/aromatic N) is 2. The summed E-state index contributed by atoms with van der Waals surface area (Å²) in [6, 6.07) is 60.7. The molecule has 0 aliphatic rings. The largest absolute Gasteiger partial charge is 0.310 e. The maximum atomic E-state index is 5.04. The summed E-state index contributed by atoms with van der Waals surface area (Å²) in [7, 11) is 0. The van der Waals surface area contributed by atoms with Crippen molar-refractivity contribution in [2.75, 3.05) is 4.90 Å². The maximum absolute atomic E-state index is 5.04. The van der Waals surface area contributed by atoms with Gasteiger partial charge in [0.05, 0.1) is 10.2 Å². The summed E-state index contributed by atoms with van der Waals surface area (Å²) in [4.78, 5) is 7.40. The van der Waals surface area contributed by atoms with E-state index < -0.39 is 0 Å². The van der Waals surface area contributed by atoms with Gasteiger partial charge < -0.3 is 4.90 Å². The van der Waals surface area contributed by atoms with Crippen LogP contribution in [-0.2, 0) is 0 Å². The molecule has 4 heteroatoms. The van der Waals surface area contributed by atoms with E-state index in [0.717, 1.165) is 33.1 Å². The maximum Gasteiger partial charge on any atom is 0.124 e. The van der Waals surface area contributed by atoms with Crippen LogP contribution >= 0.6 is 22.7 Å². The van der Waals surface area contributed by atoms with Gasteiger partial charge in [-0.2, -0.15) is 0 Å². The molecule has 0 aliphatic carbocycles. The fourth-order valence-corrected chi connectivity index (χ4v) is 8.79. The van der Waals surface area contributed by atoms with Crippen molar-refractivity contribution >= 4 is 70.1 Å².